The van der Waals surface area contributed by atoms with Gasteiger partial charge in [-0.3, -0.25) is 0 Å². The second kappa shape index (κ2) is 9.62. The molecule has 34 heavy (non-hydrogen) atoms. The molecule has 0 spiro atoms. The summed E-state index contributed by atoms with van der Waals surface area (Å²) in [7, 11) is -2.57. The van der Waals surface area contributed by atoms with Crippen molar-refractivity contribution in [3.8, 4) is 5.75 Å². The van der Waals surface area contributed by atoms with Crippen LogP contribution in [0.1, 0.15) is 35.2 Å². The van der Waals surface area contributed by atoms with E-state index in [0.717, 1.165) is 11.1 Å². The number of carboxylic acids is 1. The van der Waals surface area contributed by atoms with E-state index in [1.807, 2.05) is 19.1 Å². The number of aliphatic carboxylic acids is 1. The minimum absolute atomic E-state index is 0.0212. The molecule has 8 heteroatoms. The number of carbonyl (C=O) groups is 1. The minimum Gasteiger partial charge on any atom is -0.497 e. The molecule has 0 radical (unpaired) electrons. The largest absolute Gasteiger partial charge is 0.497 e. The minimum atomic E-state index is -4.13. The van der Waals surface area contributed by atoms with Crippen LogP contribution >= 0.6 is 11.6 Å². The fourth-order valence-corrected chi connectivity index (χ4v) is 6.19. The molecule has 1 heterocycles. The van der Waals surface area contributed by atoms with E-state index in [0.29, 0.717) is 16.3 Å². The molecule has 3 aromatic rings. The van der Waals surface area contributed by atoms with E-state index in [9.17, 15) is 18.3 Å². The maximum absolute atomic E-state index is 14.1. The van der Waals surface area contributed by atoms with Crippen LogP contribution in [-0.2, 0) is 14.8 Å². The van der Waals surface area contributed by atoms with Crippen molar-refractivity contribution in [2.75, 3.05) is 7.11 Å². The van der Waals surface area contributed by atoms with E-state index in [1.54, 1.807) is 49.6 Å². The highest BCUT2D eigenvalue weighted by atomic mass is 35.5. The number of benzene rings is 3. The fraction of sp³-hybridized carbons (Fsp3) is 0.192. The molecule has 0 bridgehead atoms. The average molecular weight is 498 g/mol. The number of ether oxygens (including phenoxy) is 1. The lowest BCUT2D eigenvalue weighted by molar-refractivity contribution is -0.133. The van der Waals surface area contributed by atoms with Crippen LogP contribution in [0.3, 0.4) is 0 Å². The van der Waals surface area contributed by atoms with Crippen molar-refractivity contribution >= 4 is 27.6 Å². The van der Waals surface area contributed by atoms with Gasteiger partial charge in [-0.25, -0.2) is 13.2 Å². The van der Waals surface area contributed by atoms with E-state index in [-0.39, 0.29) is 16.9 Å². The van der Waals surface area contributed by atoms with Crippen molar-refractivity contribution in [2.45, 2.75) is 30.3 Å². The Bertz CT molecular complexity index is 1330. The first-order chi connectivity index (χ1) is 16.2. The Hall–Kier alpha value is -3.13. The van der Waals surface area contributed by atoms with Gasteiger partial charge < -0.3 is 9.84 Å². The third-order valence-electron chi connectivity index (χ3n) is 5.91. The van der Waals surface area contributed by atoms with Crippen molar-refractivity contribution in [3.05, 3.63) is 106 Å². The normalized spacial score (nSPS) is 18.9. The van der Waals surface area contributed by atoms with Gasteiger partial charge in [0.2, 0.25) is 10.0 Å². The van der Waals surface area contributed by atoms with Crippen molar-refractivity contribution in [2.24, 2.45) is 0 Å². The molecule has 176 valence electrons. The van der Waals surface area contributed by atoms with Gasteiger partial charge in [-0.2, -0.15) is 4.31 Å². The topological polar surface area (TPSA) is 83.9 Å². The molecule has 0 saturated carbocycles. The summed E-state index contributed by atoms with van der Waals surface area (Å²) in [6.45, 7) is 1.88. The molecule has 3 aromatic carbocycles. The molecule has 0 amide bonds. The number of methoxy groups -OCH3 is 1. The number of nitrogens with zero attached hydrogens (tertiary/aromatic N) is 1. The number of hydrogen-bond acceptors (Lipinski definition) is 4. The Morgan fingerprint density at radius 2 is 1.71 bits per heavy atom. The van der Waals surface area contributed by atoms with Gasteiger partial charge in [0.05, 0.1) is 29.7 Å². The highest BCUT2D eigenvalue weighted by Gasteiger charge is 2.44. The highest BCUT2D eigenvalue weighted by molar-refractivity contribution is 7.89. The number of aryl methyl sites for hydroxylation is 1. The molecule has 0 saturated heterocycles. The average Bonchev–Trinajstić information content (AvgIpc) is 2.83. The number of hydrogen-bond donors (Lipinski definition) is 1. The van der Waals surface area contributed by atoms with Crippen molar-refractivity contribution in [1.29, 1.82) is 0 Å². The summed E-state index contributed by atoms with van der Waals surface area (Å²) in [4.78, 5) is 12.3. The third kappa shape index (κ3) is 4.59. The van der Waals surface area contributed by atoms with Gasteiger partial charge in [0.15, 0.2) is 0 Å². The third-order valence-corrected chi connectivity index (χ3v) is 8.05. The zero-order chi connectivity index (χ0) is 24.5. The van der Waals surface area contributed by atoms with Crippen LogP contribution in [0.15, 0.2) is 89.3 Å². The second-order valence-electron chi connectivity index (χ2n) is 8.09. The standard InChI is InChI=1S/C26H24ClNO5S/c1-17-4-3-5-19(16-17)25-23(26(29)30)14-15-24(18-6-10-21(33-2)11-7-18)28(25)34(31,32)22-12-8-20(27)9-13-22/h3-14,16,24-25H,15H2,1-2H3,(H,29,30)/t24-,25-/m0/s1. The van der Waals surface area contributed by atoms with E-state index < -0.39 is 28.1 Å². The Balaban J connectivity index is 1.96. The summed E-state index contributed by atoms with van der Waals surface area (Å²) in [6, 6.07) is 18.7. The molecule has 0 aromatic heterocycles. The Morgan fingerprint density at radius 3 is 2.29 bits per heavy atom. The summed E-state index contributed by atoms with van der Waals surface area (Å²) in [5.74, 6) is -0.514. The molecular formula is C26H24ClNO5S. The molecular weight excluding hydrogens is 474 g/mol. The van der Waals surface area contributed by atoms with E-state index in [1.165, 1.54) is 28.6 Å². The fourth-order valence-electron chi connectivity index (χ4n) is 4.29. The van der Waals surface area contributed by atoms with Gasteiger partial charge in [0, 0.05) is 5.02 Å². The first kappa shape index (κ1) is 24.0. The predicted octanol–water partition coefficient (Wildman–Crippen LogP) is 5.55. The molecule has 0 fully saturated rings. The maximum atomic E-state index is 14.1. The van der Waals surface area contributed by atoms with Crippen LogP contribution in [0, 0.1) is 6.92 Å². The summed E-state index contributed by atoms with van der Waals surface area (Å²) in [6.07, 6.45) is 1.83. The van der Waals surface area contributed by atoms with Gasteiger partial charge >= 0.3 is 5.97 Å². The SMILES string of the molecule is COc1ccc([C@@H]2CC=C(C(=O)O)[C@H](c3cccc(C)c3)N2S(=O)(=O)c2ccc(Cl)cc2)cc1. The van der Waals surface area contributed by atoms with Crippen LogP contribution < -0.4 is 4.74 Å². The summed E-state index contributed by atoms with van der Waals surface area (Å²) in [5, 5.41) is 10.4. The van der Waals surface area contributed by atoms with Gasteiger partial charge in [-0.05, 0) is 60.9 Å². The predicted molar refractivity (Wildman–Crippen MR) is 130 cm³/mol. The van der Waals surface area contributed by atoms with Crippen LogP contribution in [0.25, 0.3) is 0 Å². The van der Waals surface area contributed by atoms with Gasteiger partial charge in [0.25, 0.3) is 0 Å². The number of carboxylic acid groups (broad SMARTS) is 1. The molecule has 1 N–H and O–H groups in total. The molecule has 6 nitrogen and oxygen atoms in total. The number of sulfonamides is 1. The lowest BCUT2D eigenvalue weighted by Gasteiger charge is -2.40. The zero-order valence-electron chi connectivity index (χ0n) is 18.7. The summed E-state index contributed by atoms with van der Waals surface area (Å²) >= 11 is 6.00. The van der Waals surface area contributed by atoms with Crippen molar-refractivity contribution in [1.82, 2.24) is 4.31 Å². The number of halogens is 1. The molecule has 2 atom stereocenters. The first-order valence-corrected chi connectivity index (χ1v) is 12.5. The van der Waals surface area contributed by atoms with Gasteiger partial charge in [-0.1, -0.05) is 59.6 Å². The van der Waals surface area contributed by atoms with Crippen molar-refractivity contribution in [3.63, 3.8) is 0 Å². The lowest BCUT2D eigenvalue weighted by Crippen LogP contribution is -2.42. The lowest BCUT2D eigenvalue weighted by atomic mass is 9.89. The molecule has 1 aliphatic rings. The Morgan fingerprint density at radius 1 is 1.03 bits per heavy atom. The van der Waals surface area contributed by atoms with E-state index in [4.69, 9.17) is 16.3 Å². The number of rotatable bonds is 6. The second-order valence-corrected chi connectivity index (χ2v) is 10.4. The summed E-state index contributed by atoms with van der Waals surface area (Å²) < 4.78 is 34.7. The summed E-state index contributed by atoms with van der Waals surface area (Å²) in [5.41, 5.74) is 2.24. The van der Waals surface area contributed by atoms with E-state index >= 15 is 0 Å². The first-order valence-electron chi connectivity index (χ1n) is 10.7. The van der Waals surface area contributed by atoms with Crippen LogP contribution in [0.5, 0.6) is 5.75 Å². The monoisotopic (exact) mass is 497 g/mol. The molecule has 4 rings (SSSR count). The van der Waals surface area contributed by atoms with Gasteiger partial charge in [0.1, 0.15) is 5.75 Å². The molecule has 1 aliphatic heterocycles. The van der Waals surface area contributed by atoms with Crippen LogP contribution in [-0.4, -0.2) is 30.9 Å². The Kier molecular flexibility index (Phi) is 6.79. The van der Waals surface area contributed by atoms with Crippen LogP contribution in [0.4, 0.5) is 0 Å². The van der Waals surface area contributed by atoms with Crippen LogP contribution in [0.2, 0.25) is 5.02 Å². The maximum Gasteiger partial charge on any atom is 0.333 e. The Labute approximate surface area is 204 Å². The highest BCUT2D eigenvalue weighted by Crippen LogP contribution is 2.46. The quantitative estimate of drug-likeness (QED) is 0.483. The smallest absolute Gasteiger partial charge is 0.333 e. The van der Waals surface area contributed by atoms with Gasteiger partial charge in [-0.15, -0.1) is 0 Å². The molecule has 0 aliphatic carbocycles. The van der Waals surface area contributed by atoms with E-state index in [2.05, 4.69) is 0 Å². The van der Waals surface area contributed by atoms with Crippen molar-refractivity contribution < 1.29 is 23.1 Å². The molecule has 0 unspecified atom stereocenters. The zero-order valence-corrected chi connectivity index (χ0v) is 20.3.